The summed E-state index contributed by atoms with van der Waals surface area (Å²) < 4.78 is 7.13. The molecule has 0 bridgehead atoms. The minimum absolute atomic E-state index is 0.121. The number of carbonyl (C=O) groups excluding carboxylic acids is 1. The van der Waals surface area contributed by atoms with Crippen LogP contribution in [0, 0.1) is 13.8 Å². The molecule has 3 heterocycles. The summed E-state index contributed by atoms with van der Waals surface area (Å²) in [5.74, 6) is 0. The maximum atomic E-state index is 12.4. The third-order valence-corrected chi connectivity index (χ3v) is 5.52. The van der Waals surface area contributed by atoms with E-state index in [0.717, 1.165) is 19.4 Å². The molecule has 1 N–H and O–H groups in total. The van der Waals surface area contributed by atoms with Gasteiger partial charge in [0.2, 0.25) is 0 Å². The van der Waals surface area contributed by atoms with E-state index in [9.17, 15) is 4.79 Å². The molecule has 2 aromatic heterocycles. The molecule has 0 spiro atoms. The summed E-state index contributed by atoms with van der Waals surface area (Å²) in [5.41, 5.74) is 6.87. The molecule has 3 aromatic rings. The quantitative estimate of drug-likeness (QED) is 0.752. The normalized spacial score (nSPS) is 13.1. The largest absolute Gasteiger partial charge is 0.344 e. The molecule has 1 aromatic carbocycles. The Balaban J connectivity index is 1.42. The van der Waals surface area contributed by atoms with Crippen LogP contribution in [0.5, 0.6) is 0 Å². The first-order valence-electron chi connectivity index (χ1n) is 9.43. The highest BCUT2D eigenvalue weighted by Gasteiger charge is 2.20. The van der Waals surface area contributed by atoms with Gasteiger partial charge in [-0.05, 0) is 44.2 Å². The van der Waals surface area contributed by atoms with Crippen molar-refractivity contribution in [2.24, 2.45) is 0 Å². The van der Waals surface area contributed by atoms with Gasteiger partial charge < -0.3 is 14.8 Å². The van der Waals surface area contributed by atoms with Crippen LogP contribution in [0.15, 0.2) is 22.8 Å². The van der Waals surface area contributed by atoms with Crippen LogP contribution in [0.1, 0.15) is 34.6 Å². The van der Waals surface area contributed by atoms with Crippen LogP contribution in [0.3, 0.4) is 0 Å². The zero-order valence-electron chi connectivity index (χ0n) is 16.1. The molecule has 0 unspecified atom stereocenters. The molecule has 0 aliphatic carbocycles. The molecule has 0 saturated carbocycles. The van der Waals surface area contributed by atoms with Gasteiger partial charge in [0.05, 0.1) is 12.1 Å². The number of carbonyl (C=O) groups is 1. The minimum atomic E-state index is -0.121. The molecular formula is C20H25N5O2. The van der Waals surface area contributed by atoms with Gasteiger partial charge in [0.25, 0.3) is 0 Å². The Labute approximate surface area is 158 Å². The molecule has 1 aliphatic heterocycles. The van der Waals surface area contributed by atoms with E-state index in [-0.39, 0.29) is 6.03 Å². The maximum Gasteiger partial charge on any atom is 0.317 e. The SMILES string of the molecule is Cc1nonc1CN(C)C(=O)NCCc1c(C)n2c3c(cccc13)CCC2. The number of amides is 2. The topological polar surface area (TPSA) is 76.2 Å². The first-order chi connectivity index (χ1) is 13.1. The summed E-state index contributed by atoms with van der Waals surface area (Å²) in [6, 6.07) is 6.47. The van der Waals surface area contributed by atoms with Gasteiger partial charge in [-0.15, -0.1) is 0 Å². The Bertz CT molecular complexity index is 988. The van der Waals surface area contributed by atoms with E-state index in [1.54, 1.807) is 11.9 Å². The molecule has 0 saturated heterocycles. The first-order valence-corrected chi connectivity index (χ1v) is 9.43. The van der Waals surface area contributed by atoms with Crippen molar-refractivity contribution < 1.29 is 9.42 Å². The van der Waals surface area contributed by atoms with Crippen LogP contribution in [0.2, 0.25) is 0 Å². The number of nitrogens with zero attached hydrogens (tertiary/aromatic N) is 4. The molecule has 142 valence electrons. The van der Waals surface area contributed by atoms with Gasteiger partial charge in [0, 0.05) is 31.2 Å². The molecule has 27 heavy (non-hydrogen) atoms. The van der Waals surface area contributed by atoms with E-state index in [2.05, 4.69) is 49.9 Å². The Morgan fingerprint density at radius 2 is 2.19 bits per heavy atom. The van der Waals surface area contributed by atoms with Gasteiger partial charge in [-0.2, -0.15) is 0 Å². The number of aromatic nitrogens is 3. The molecular weight excluding hydrogens is 342 g/mol. The van der Waals surface area contributed by atoms with Gasteiger partial charge in [-0.25, -0.2) is 9.42 Å². The van der Waals surface area contributed by atoms with Crippen molar-refractivity contribution in [3.63, 3.8) is 0 Å². The fourth-order valence-electron chi connectivity index (χ4n) is 4.02. The van der Waals surface area contributed by atoms with Crippen molar-refractivity contribution in [1.29, 1.82) is 0 Å². The standard InChI is InChI=1S/C20H25N5O2/c1-13-18(23-27-22-13)12-24(3)20(26)21-10-9-16-14(2)25-11-5-7-15-6-4-8-17(16)19(15)25/h4,6,8H,5,7,9-12H2,1-3H3,(H,21,26). The highest BCUT2D eigenvalue weighted by molar-refractivity contribution is 5.88. The summed E-state index contributed by atoms with van der Waals surface area (Å²) in [6.45, 7) is 6.07. The number of rotatable bonds is 5. The minimum Gasteiger partial charge on any atom is -0.344 e. The summed E-state index contributed by atoms with van der Waals surface area (Å²) in [6.07, 6.45) is 3.17. The monoisotopic (exact) mass is 367 g/mol. The number of benzene rings is 1. The fraction of sp³-hybridized carbons (Fsp3) is 0.450. The van der Waals surface area contributed by atoms with Gasteiger partial charge in [0.1, 0.15) is 11.4 Å². The number of para-hydroxylation sites is 1. The number of hydrogen-bond donors (Lipinski definition) is 1. The number of nitrogens with one attached hydrogen (secondary N) is 1. The van der Waals surface area contributed by atoms with Crippen LogP contribution in [0.25, 0.3) is 10.9 Å². The van der Waals surface area contributed by atoms with E-state index >= 15 is 0 Å². The van der Waals surface area contributed by atoms with Crippen molar-refractivity contribution in [1.82, 2.24) is 25.1 Å². The second-order valence-electron chi connectivity index (χ2n) is 7.27. The second-order valence-corrected chi connectivity index (χ2v) is 7.27. The van der Waals surface area contributed by atoms with Crippen LogP contribution < -0.4 is 5.32 Å². The van der Waals surface area contributed by atoms with E-state index < -0.39 is 0 Å². The second kappa shape index (κ2) is 7.06. The van der Waals surface area contributed by atoms with Gasteiger partial charge in [-0.1, -0.05) is 28.5 Å². The number of urea groups is 1. The van der Waals surface area contributed by atoms with E-state index in [0.29, 0.717) is 24.5 Å². The van der Waals surface area contributed by atoms with Gasteiger partial charge >= 0.3 is 6.03 Å². The van der Waals surface area contributed by atoms with Crippen molar-refractivity contribution in [3.8, 4) is 0 Å². The smallest absolute Gasteiger partial charge is 0.317 e. The Morgan fingerprint density at radius 1 is 1.33 bits per heavy atom. The molecule has 4 rings (SSSR count). The Morgan fingerprint density at radius 3 is 2.96 bits per heavy atom. The first kappa shape index (κ1) is 17.6. The van der Waals surface area contributed by atoms with Gasteiger partial charge in [0.15, 0.2) is 0 Å². The fourth-order valence-corrected chi connectivity index (χ4v) is 4.02. The van der Waals surface area contributed by atoms with Crippen molar-refractivity contribution in [2.75, 3.05) is 13.6 Å². The highest BCUT2D eigenvalue weighted by Crippen LogP contribution is 2.32. The number of hydrogen-bond acceptors (Lipinski definition) is 4. The summed E-state index contributed by atoms with van der Waals surface area (Å²) in [7, 11) is 1.75. The van der Waals surface area contributed by atoms with Crippen molar-refractivity contribution in [3.05, 3.63) is 46.4 Å². The van der Waals surface area contributed by atoms with Gasteiger partial charge in [-0.3, -0.25) is 0 Å². The molecule has 2 amide bonds. The molecule has 7 heteroatoms. The van der Waals surface area contributed by atoms with Crippen LogP contribution in [0.4, 0.5) is 4.79 Å². The summed E-state index contributed by atoms with van der Waals surface area (Å²) in [4.78, 5) is 14.0. The molecule has 0 atom stereocenters. The summed E-state index contributed by atoms with van der Waals surface area (Å²) in [5, 5.41) is 11.9. The summed E-state index contributed by atoms with van der Waals surface area (Å²) >= 11 is 0. The Hall–Kier alpha value is -2.83. The lowest BCUT2D eigenvalue weighted by Gasteiger charge is -2.17. The van der Waals surface area contributed by atoms with E-state index in [1.807, 2.05) is 6.92 Å². The maximum absolute atomic E-state index is 12.4. The lowest BCUT2D eigenvalue weighted by atomic mass is 10.0. The average molecular weight is 367 g/mol. The molecule has 7 nitrogen and oxygen atoms in total. The zero-order valence-corrected chi connectivity index (χ0v) is 16.1. The van der Waals surface area contributed by atoms with Crippen molar-refractivity contribution in [2.45, 2.75) is 46.2 Å². The predicted molar refractivity (Wildman–Crippen MR) is 103 cm³/mol. The molecule has 1 aliphatic rings. The zero-order chi connectivity index (χ0) is 19.0. The van der Waals surface area contributed by atoms with Crippen LogP contribution in [-0.4, -0.2) is 39.4 Å². The third-order valence-electron chi connectivity index (χ3n) is 5.52. The molecule has 0 fully saturated rings. The van der Waals surface area contributed by atoms with Crippen molar-refractivity contribution >= 4 is 16.9 Å². The van der Waals surface area contributed by atoms with E-state index in [4.69, 9.17) is 0 Å². The van der Waals surface area contributed by atoms with Crippen LogP contribution >= 0.6 is 0 Å². The van der Waals surface area contributed by atoms with Crippen LogP contribution in [-0.2, 0) is 25.9 Å². The lowest BCUT2D eigenvalue weighted by Crippen LogP contribution is -2.38. The van der Waals surface area contributed by atoms with E-state index in [1.165, 1.54) is 34.1 Å². The third kappa shape index (κ3) is 3.18. The average Bonchev–Trinajstić information content (AvgIpc) is 3.19. The number of aryl methyl sites for hydroxylation is 3. The highest BCUT2D eigenvalue weighted by atomic mass is 16.6. The predicted octanol–water partition coefficient (Wildman–Crippen LogP) is 2.97. The lowest BCUT2D eigenvalue weighted by molar-refractivity contribution is 0.205. The Kier molecular flexibility index (Phi) is 4.59. The molecule has 0 radical (unpaired) electrons.